The van der Waals surface area contributed by atoms with E-state index >= 15 is 0 Å². The third-order valence-corrected chi connectivity index (χ3v) is 3.15. The molecule has 60 valence electrons. The molecule has 0 atom stereocenters. The Morgan fingerprint density at radius 3 is 2.73 bits per heavy atom. The molecule has 0 aliphatic carbocycles. The summed E-state index contributed by atoms with van der Waals surface area (Å²) in [6.45, 7) is 0. The number of aliphatic hydroxyl groups is 1. The monoisotopic (exact) mass is 234 g/mol. The lowest BCUT2D eigenvalue weighted by Gasteiger charge is -1.95. The predicted molar refractivity (Wildman–Crippen MR) is 51.2 cm³/mol. The Morgan fingerprint density at radius 1 is 1.73 bits per heavy atom. The number of nitrogens with two attached hydrogens (primary N) is 2. The third kappa shape index (κ3) is 1.49. The SMILES string of the molecule is N/C=C(/O)c1scc(Br)c1N. The Labute approximate surface area is 76.5 Å². The molecule has 0 bridgehead atoms. The number of hydrogen-bond acceptors (Lipinski definition) is 4. The molecule has 1 rings (SSSR count). The summed E-state index contributed by atoms with van der Waals surface area (Å²) in [7, 11) is 0. The Kier molecular flexibility index (Phi) is 2.41. The van der Waals surface area contributed by atoms with Crippen LogP contribution in [0, 0.1) is 0 Å². The molecule has 0 fully saturated rings. The second-order valence-corrected chi connectivity index (χ2v) is 3.61. The van der Waals surface area contributed by atoms with Crippen molar-refractivity contribution in [3.63, 3.8) is 0 Å². The van der Waals surface area contributed by atoms with Gasteiger partial charge in [0.15, 0.2) is 0 Å². The first kappa shape index (κ1) is 8.42. The number of anilines is 1. The van der Waals surface area contributed by atoms with E-state index in [9.17, 15) is 0 Å². The molecular formula is C6H7BrN2OS. The van der Waals surface area contributed by atoms with Crippen LogP contribution in [-0.4, -0.2) is 5.11 Å². The van der Waals surface area contributed by atoms with Gasteiger partial charge in [0.25, 0.3) is 0 Å². The van der Waals surface area contributed by atoms with E-state index in [-0.39, 0.29) is 5.76 Å². The summed E-state index contributed by atoms with van der Waals surface area (Å²) in [5.74, 6) is 0.0122. The van der Waals surface area contributed by atoms with Gasteiger partial charge in [-0.15, -0.1) is 11.3 Å². The van der Waals surface area contributed by atoms with Gasteiger partial charge in [0.1, 0.15) is 5.76 Å². The lowest BCUT2D eigenvalue weighted by Crippen LogP contribution is -1.91. The summed E-state index contributed by atoms with van der Waals surface area (Å²) < 4.78 is 0.783. The van der Waals surface area contributed by atoms with Gasteiger partial charge in [0, 0.05) is 11.6 Å². The highest BCUT2D eigenvalue weighted by molar-refractivity contribution is 9.10. The Balaban J connectivity index is 3.15. The van der Waals surface area contributed by atoms with Crippen LogP contribution in [0.1, 0.15) is 4.88 Å². The fourth-order valence-corrected chi connectivity index (χ4v) is 2.00. The van der Waals surface area contributed by atoms with Crippen LogP contribution in [0.25, 0.3) is 5.76 Å². The van der Waals surface area contributed by atoms with E-state index < -0.39 is 0 Å². The van der Waals surface area contributed by atoms with E-state index in [1.807, 2.05) is 0 Å². The summed E-state index contributed by atoms with van der Waals surface area (Å²) in [6.07, 6.45) is 1.12. The van der Waals surface area contributed by atoms with Gasteiger partial charge in [0.05, 0.1) is 15.0 Å². The molecule has 0 saturated heterocycles. The van der Waals surface area contributed by atoms with Crippen molar-refractivity contribution in [1.29, 1.82) is 0 Å². The van der Waals surface area contributed by atoms with Gasteiger partial charge < -0.3 is 16.6 Å². The van der Waals surface area contributed by atoms with Crippen LogP contribution in [0.5, 0.6) is 0 Å². The van der Waals surface area contributed by atoms with E-state index in [2.05, 4.69) is 15.9 Å². The average molecular weight is 235 g/mol. The number of aliphatic hydroxyl groups excluding tert-OH is 1. The fraction of sp³-hybridized carbons (Fsp3) is 0. The second kappa shape index (κ2) is 3.15. The van der Waals surface area contributed by atoms with E-state index in [1.54, 1.807) is 5.38 Å². The van der Waals surface area contributed by atoms with Gasteiger partial charge in [-0.1, -0.05) is 0 Å². The third-order valence-electron chi connectivity index (χ3n) is 1.17. The molecule has 0 unspecified atom stereocenters. The zero-order valence-corrected chi connectivity index (χ0v) is 7.95. The summed E-state index contributed by atoms with van der Waals surface area (Å²) in [6, 6.07) is 0. The van der Waals surface area contributed by atoms with Crippen molar-refractivity contribution in [2.24, 2.45) is 5.73 Å². The largest absolute Gasteiger partial charge is 0.505 e. The molecular weight excluding hydrogens is 228 g/mol. The minimum Gasteiger partial charge on any atom is -0.505 e. The van der Waals surface area contributed by atoms with Crippen LogP contribution >= 0.6 is 27.3 Å². The van der Waals surface area contributed by atoms with Crippen molar-refractivity contribution in [3.8, 4) is 0 Å². The van der Waals surface area contributed by atoms with Gasteiger partial charge in [-0.2, -0.15) is 0 Å². The molecule has 5 N–H and O–H groups in total. The smallest absolute Gasteiger partial charge is 0.150 e. The summed E-state index contributed by atoms with van der Waals surface area (Å²) in [5, 5.41) is 11.0. The van der Waals surface area contributed by atoms with Gasteiger partial charge in [-0.25, -0.2) is 0 Å². The molecule has 5 heteroatoms. The first-order valence-corrected chi connectivity index (χ1v) is 4.47. The van der Waals surface area contributed by atoms with Crippen molar-refractivity contribution in [3.05, 3.63) is 20.9 Å². The Hall–Kier alpha value is -0.680. The quantitative estimate of drug-likeness (QED) is 0.651. The molecule has 0 amide bonds. The lowest BCUT2D eigenvalue weighted by atomic mass is 10.3. The van der Waals surface area contributed by atoms with Crippen molar-refractivity contribution < 1.29 is 5.11 Å². The average Bonchev–Trinajstić information content (AvgIpc) is 2.32. The standard InChI is InChI=1S/C6H7BrN2OS/c7-3-2-11-6(5(3)9)4(10)1-8/h1-2,10H,8-9H2/b4-1+. The van der Waals surface area contributed by atoms with E-state index in [0.717, 1.165) is 10.7 Å². The van der Waals surface area contributed by atoms with Crippen LogP contribution in [0.2, 0.25) is 0 Å². The molecule has 0 aliphatic heterocycles. The molecule has 0 aliphatic rings. The van der Waals surface area contributed by atoms with E-state index in [1.165, 1.54) is 11.3 Å². The maximum atomic E-state index is 9.17. The highest BCUT2D eigenvalue weighted by Crippen LogP contribution is 2.33. The van der Waals surface area contributed by atoms with Crippen LogP contribution in [0.3, 0.4) is 0 Å². The Morgan fingerprint density at radius 2 is 2.36 bits per heavy atom. The van der Waals surface area contributed by atoms with Crippen LogP contribution in [0.4, 0.5) is 5.69 Å². The topological polar surface area (TPSA) is 72.3 Å². The van der Waals surface area contributed by atoms with E-state index in [0.29, 0.717) is 10.6 Å². The van der Waals surface area contributed by atoms with Crippen LogP contribution in [-0.2, 0) is 0 Å². The number of nitrogen functional groups attached to an aromatic ring is 1. The molecule has 11 heavy (non-hydrogen) atoms. The van der Waals surface area contributed by atoms with Crippen molar-refractivity contribution in [1.82, 2.24) is 0 Å². The summed E-state index contributed by atoms with van der Waals surface area (Å²) in [5.41, 5.74) is 11.2. The zero-order chi connectivity index (χ0) is 8.43. The molecule has 0 spiro atoms. The highest BCUT2D eigenvalue weighted by atomic mass is 79.9. The van der Waals surface area contributed by atoms with E-state index in [4.69, 9.17) is 16.6 Å². The van der Waals surface area contributed by atoms with Crippen molar-refractivity contribution >= 4 is 38.7 Å². The second-order valence-electron chi connectivity index (χ2n) is 1.88. The first-order chi connectivity index (χ1) is 5.16. The normalized spacial score (nSPS) is 11.9. The maximum Gasteiger partial charge on any atom is 0.150 e. The van der Waals surface area contributed by atoms with Crippen LogP contribution in [0.15, 0.2) is 16.1 Å². The number of halogens is 1. The highest BCUT2D eigenvalue weighted by Gasteiger charge is 2.08. The Bertz CT molecular complexity index is 295. The molecule has 0 aromatic carbocycles. The maximum absolute atomic E-state index is 9.17. The van der Waals surface area contributed by atoms with Crippen LogP contribution < -0.4 is 11.5 Å². The molecule has 3 nitrogen and oxygen atoms in total. The number of rotatable bonds is 1. The first-order valence-electron chi connectivity index (χ1n) is 2.80. The van der Waals surface area contributed by atoms with Gasteiger partial charge in [-0.05, 0) is 15.9 Å². The van der Waals surface area contributed by atoms with Gasteiger partial charge in [0.2, 0.25) is 0 Å². The molecule has 0 saturated carbocycles. The number of thiophene rings is 1. The fourth-order valence-electron chi connectivity index (χ4n) is 0.620. The minimum atomic E-state index is 0.0122. The van der Waals surface area contributed by atoms with Gasteiger partial charge in [-0.3, -0.25) is 0 Å². The zero-order valence-electron chi connectivity index (χ0n) is 5.54. The lowest BCUT2D eigenvalue weighted by molar-refractivity contribution is 0.513. The van der Waals surface area contributed by atoms with Crippen molar-refractivity contribution in [2.75, 3.05) is 5.73 Å². The molecule has 0 radical (unpaired) electrons. The van der Waals surface area contributed by atoms with Gasteiger partial charge >= 0.3 is 0 Å². The summed E-state index contributed by atoms with van der Waals surface area (Å²) >= 11 is 4.56. The number of hydrogen-bond donors (Lipinski definition) is 3. The molecule has 1 heterocycles. The minimum absolute atomic E-state index is 0.0122. The summed E-state index contributed by atoms with van der Waals surface area (Å²) in [4.78, 5) is 0.597. The molecule has 1 aromatic rings. The predicted octanol–water partition coefficient (Wildman–Crippen LogP) is 1.91. The van der Waals surface area contributed by atoms with Crippen molar-refractivity contribution in [2.45, 2.75) is 0 Å². The molecule has 1 aromatic heterocycles.